The second-order valence-electron chi connectivity index (χ2n) is 5.61. The van der Waals surface area contributed by atoms with E-state index < -0.39 is 17.8 Å². The molecule has 2 atom stereocenters. The Hall–Kier alpha value is -1.03. The highest BCUT2D eigenvalue weighted by Gasteiger charge is 2.23. The molecule has 0 fully saturated rings. The average molecular weight is 243 g/mol. The summed E-state index contributed by atoms with van der Waals surface area (Å²) >= 11 is 0. The lowest BCUT2D eigenvalue weighted by Gasteiger charge is -2.26. The lowest BCUT2D eigenvalue weighted by Crippen LogP contribution is -2.45. The van der Waals surface area contributed by atoms with Crippen LogP contribution in [0.25, 0.3) is 0 Å². The number of alkyl carbamates (subject to hydrolysis) is 1. The molecule has 0 spiro atoms. The van der Waals surface area contributed by atoms with Crippen LogP contribution in [0.15, 0.2) is 12.7 Å². The van der Waals surface area contributed by atoms with Gasteiger partial charge in [0.1, 0.15) is 5.60 Å². The highest BCUT2D eigenvalue weighted by atomic mass is 16.6. The summed E-state index contributed by atoms with van der Waals surface area (Å²) in [5, 5.41) is 12.4. The fraction of sp³-hybridized carbons (Fsp3) is 0.769. The van der Waals surface area contributed by atoms with Gasteiger partial charge in [-0.3, -0.25) is 0 Å². The van der Waals surface area contributed by atoms with Crippen LogP contribution < -0.4 is 5.32 Å². The van der Waals surface area contributed by atoms with E-state index in [1.807, 2.05) is 13.8 Å². The molecular formula is C13H25NO3. The van der Waals surface area contributed by atoms with Gasteiger partial charge in [-0.25, -0.2) is 4.79 Å². The maximum absolute atomic E-state index is 11.6. The van der Waals surface area contributed by atoms with Gasteiger partial charge < -0.3 is 15.2 Å². The van der Waals surface area contributed by atoms with Crippen LogP contribution in [0.5, 0.6) is 0 Å². The monoisotopic (exact) mass is 243 g/mol. The van der Waals surface area contributed by atoms with Gasteiger partial charge in [0.25, 0.3) is 0 Å². The number of hydrogen-bond donors (Lipinski definition) is 2. The van der Waals surface area contributed by atoms with E-state index in [-0.39, 0.29) is 6.04 Å². The molecule has 0 aliphatic carbocycles. The highest BCUT2D eigenvalue weighted by molar-refractivity contribution is 5.68. The number of nitrogens with one attached hydrogen (secondary N) is 1. The van der Waals surface area contributed by atoms with Gasteiger partial charge in [-0.05, 0) is 33.1 Å². The van der Waals surface area contributed by atoms with E-state index in [4.69, 9.17) is 4.74 Å². The summed E-state index contributed by atoms with van der Waals surface area (Å²) in [4.78, 5) is 11.6. The summed E-state index contributed by atoms with van der Waals surface area (Å²) in [5.41, 5.74) is -0.536. The lowest BCUT2D eigenvalue weighted by atomic mass is 9.99. The number of carbonyl (C=O) groups is 1. The fourth-order valence-electron chi connectivity index (χ4n) is 1.41. The number of carbonyl (C=O) groups excluding carboxylic acids is 1. The molecule has 0 saturated heterocycles. The molecule has 0 aliphatic rings. The molecule has 17 heavy (non-hydrogen) atoms. The van der Waals surface area contributed by atoms with Crippen LogP contribution in [0.1, 0.15) is 41.0 Å². The van der Waals surface area contributed by atoms with Crippen molar-refractivity contribution in [1.29, 1.82) is 0 Å². The zero-order valence-corrected chi connectivity index (χ0v) is 11.5. The van der Waals surface area contributed by atoms with Gasteiger partial charge in [0.2, 0.25) is 0 Å². The Labute approximate surface area is 104 Å². The van der Waals surface area contributed by atoms with E-state index in [1.54, 1.807) is 20.8 Å². The van der Waals surface area contributed by atoms with Crippen molar-refractivity contribution >= 4 is 6.09 Å². The molecule has 0 aromatic carbocycles. The van der Waals surface area contributed by atoms with E-state index in [0.29, 0.717) is 12.3 Å². The van der Waals surface area contributed by atoms with Crippen molar-refractivity contribution in [3.05, 3.63) is 12.7 Å². The third-order valence-corrected chi connectivity index (χ3v) is 2.08. The van der Waals surface area contributed by atoms with Crippen molar-refractivity contribution in [2.45, 2.75) is 58.8 Å². The summed E-state index contributed by atoms with van der Waals surface area (Å²) in [6.45, 7) is 13.0. The molecular weight excluding hydrogens is 218 g/mol. The van der Waals surface area contributed by atoms with Gasteiger partial charge in [0, 0.05) is 0 Å². The molecule has 0 radical (unpaired) electrons. The fourth-order valence-corrected chi connectivity index (χ4v) is 1.41. The molecule has 0 aromatic rings. The molecule has 0 aliphatic heterocycles. The van der Waals surface area contributed by atoms with E-state index in [1.165, 1.54) is 6.08 Å². The molecule has 0 heterocycles. The smallest absolute Gasteiger partial charge is 0.407 e. The highest BCUT2D eigenvalue weighted by Crippen LogP contribution is 2.11. The average Bonchev–Trinajstić information content (AvgIpc) is 2.11. The largest absolute Gasteiger partial charge is 0.444 e. The Balaban J connectivity index is 4.42. The van der Waals surface area contributed by atoms with E-state index in [9.17, 15) is 9.90 Å². The second kappa shape index (κ2) is 6.64. The van der Waals surface area contributed by atoms with Crippen LogP contribution in [0.4, 0.5) is 4.79 Å². The summed E-state index contributed by atoms with van der Waals surface area (Å²) in [7, 11) is 0. The molecule has 0 unspecified atom stereocenters. The molecule has 0 bridgehead atoms. The van der Waals surface area contributed by atoms with Gasteiger partial charge >= 0.3 is 6.09 Å². The molecule has 0 aromatic heterocycles. The predicted octanol–water partition coefficient (Wildman–Crippen LogP) is 2.47. The molecule has 100 valence electrons. The van der Waals surface area contributed by atoms with Crippen LogP contribution in [0, 0.1) is 5.92 Å². The van der Waals surface area contributed by atoms with Crippen molar-refractivity contribution < 1.29 is 14.6 Å². The van der Waals surface area contributed by atoms with Gasteiger partial charge in [0.15, 0.2) is 0 Å². The van der Waals surface area contributed by atoms with Gasteiger partial charge in [-0.2, -0.15) is 0 Å². The van der Waals surface area contributed by atoms with E-state index >= 15 is 0 Å². The molecule has 2 N–H and O–H groups in total. The first-order chi connectivity index (χ1) is 7.65. The topological polar surface area (TPSA) is 58.6 Å². The summed E-state index contributed by atoms with van der Waals surface area (Å²) in [5.74, 6) is 0.365. The van der Waals surface area contributed by atoms with Crippen molar-refractivity contribution in [3.8, 4) is 0 Å². The van der Waals surface area contributed by atoms with Gasteiger partial charge in [-0.1, -0.05) is 19.9 Å². The maximum atomic E-state index is 11.6. The molecule has 1 amide bonds. The predicted molar refractivity (Wildman–Crippen MR) is 68.8 cm³/mol. The Bertz CT molecular complexity index is 256. The number of rotatable bonds is 5. The van der Waals surface area contributed by atoms with Crippen LogP contribution in [-0.2, 0) is 4.74 Å². The normalized spacial score (nSPS) is 15.2. The molecule has 0 saturated carbocycles. The first-order valence-electron chi connectivity index (χ1n) is 5.96. The number of aliphatic hydroxyl groups is 1. The van der Waals surface area contributed by atoms with Crippen LogP contribution in [0.3, 0.4) is 0 Å². The van der Waals surface area contributed by atoms with E-state index in [2.05, 4.69) is 11.9 Å². The summed E-state index contributed by atoms with van der Waals surface area (Å²) in [6.07, 6.45) is 0.825. The van der Waals surface area contributed by atoms with Gasteiger partial charge in [0.05, 0.1) is 12.1 Å². The minimum absolute atomic E-state index is 0.359. The lowest BCUT2D eigenvalue weighted by molar-refractivity contribution is 0.0442. The van der Waals surface area contributed by atoms with Crippen LogP contribution >= 0.6 is 0 Å². The quantitative estimate of drug-likeness (QED) is 0.729. The zero-order valence-electron chi connectivity index (χ0n) is 11.5. The first kappa shape index (κ1) is 16.0. The Kier molecular flexibility index (Phi) is 6.24. The molecule has 4 nitrogen and oxygen atoms in total. The Morgan fingerprint density at radius 2 is 2.00 bits per heavy atom. The van der Waals surface area contributed by atoms with Crippen molar-refractivity contribution in [2.75, 3.05) is 0 Å². The second-order valence-corrected chi connectivity index (χ2v) is 5.61. The Morgan fingerprint density at radius 1 is 1.47 bits per heavy atom. The zero-order chi connectivity index (χ0) is 13.6. The van der Waals surface area contributed by atoms with Gasteiger partial charge in [-0.15, -0.1) is 6.58 Å². The Morgan fingerprint density at radius 3 is 2.35 bits per heavy atom. The minimum Gasteiger partial charge on any atom is -0.444 e. The summed E-state index contributed by atoms with van der Waals surface area (Å²) in [6, 6.07) is -0.359. The third-order valence-electron chi connectivity index (χ3n) is 2.08. The summed E-state index contributed by atoms with van der Waals surface area (Å²) < 4.78 is 5.15. The first-order valence-corrected chi connectivity index (χ1v) is 5.96. The van der Waals surface area contributed by atoms with Crippen molar-refractivity contribution in [3.63, 3.8) is 0 Å². The number of ether oxygens (including phenoxy) is 1. The van der Waals surface area contributed by atoms with Crippen molar-refractivity contribution in [2.24, 2.45) is 5.92 Å². The maximum Gasteiger partial charge on any atom is 0.407 e. The number of aliphatic hydroxyl groups excluding tert-OH is 1. The SMILES string of the molecule is C=C[C@H](O)[C@H](CC(C)C)NC(=O)OC(C)(C)C. The standard InChI is InChI=1S/C13H25NO3/c1-7-11(15)10(8-9(2)3)14-12(16)17-13(4,5)6/h7,9-11,15H,1,8H2,2-6H3,(H,14,16)/t10-,11-/m0/s1. The molecule has 4 heteroatoms. The minimum atomic E-state index is -0.759. The number of amides is 1. The molecule has 0 rings (SSSR count). The van der Waals surface area contributed by atoms with Crippen LogP contribution in [0.2, 0.25) is 0 Å². The van der Waals surface area contributed by atoms with Crippen LogP contribution in [-0.4, -0.2) is 28.9 Å². The van der Waals surface area contributed by atoms with Crippen molar-refractivity contribution in [1.82, 2.24) is 5.32 Å². The third kappa shape index (κ3) is 7.80. The van der Waals surface area contributed by atoms with E-state index in [0.717, 1.165) is 0 Å². The number of hydrogen-bond acceptors (Lipinski definition) is 3.